The number of rotatable bonds is 6. The van der Waals surface area contributed by atoms with Crippen molar-refractivity contribution in [2.45, 2.75) is 26.8 Å². The number of allylic oxidation sites excluding steroid dienone is 2. The second-order valence-electron chi connectivity index (χ2n) is 8.83. The minimum atomic E-state index is 0.581. The summed E-state index contributed by atoms with van der Waals surface area (Å²) < 4.78 is 1.77. The van der Waals surface area contributed by atoms with Gasteiger partial charge in [-0.15, -0.1) is 0 Å². The van der Waals surface area contributed by atoms with Gasteiger partial charge in [0.1, 0.15) is 12.1 Å². The Morgan fingerprint density at radius 1 is 1.09 bits per heavy atom. The average Bonchev–Trinajstić information content (AvgIpc) is 3.53. The second kappa shape index (κ2) is 9.67. The molecule has 0 aromatic carbocycles. The summed E-state index contributed by atoms with van der Waals surface area (Å²) in [5, 5.41) is 16.4. The van der Waals surface area contributed by atoms with E-state index in [1.165, 1.54) is 6.33 Å². The Kier molecular flexibility index (Phi) is 6.28. The highest BCUT2D eigenvalue weighted by molar-refractivity contribution is 5.87. The molecule has 0 amide bonds. The third-order valence-corrected chi connectivity index (χ3v) is 6.34. The topological polar surface area (TPSA) is 103 Å². The minimum Gasteiger partial charge on any atom is -0.354 e. The number of nitrogens with one attached hydrogen (secondary N) is 2. The molecule has 10 heteroatoms. The standard InChI is InChI=1S/C25H30N10/c1-5-19(12-21-18(4)13-29-32-21)22-15-27-24(25-28-16-30-35(22)25)31-20-6-7-23(26-14-20)34-10-8-33(9-11-34)17(2)3/h5-7,12-17,32H,4,8-11H2,1-3H3,(H,27,31)/b19-5+,21-12+. The van der Waals surface area contributed by atoms with Gasteiger partial charge in [0.15, 0.2) is 11.5 Å². The van der Waals surface area contributed by atoms with E-state index in [-0.39, 0.29) is 0 Å². The van der Waals surface area contributed by atoms with Gasteiger partial charge in [0.05, 0.1) is 35.3 Å². The van der Waals surface area contributed by atoms with Crippen LogP contribution < -0.4 is 20.8 Å². The van der Waals surface area contributed by atoms with Gasteiger partial charge in [-0.1, -0.05) is 12.7 Å². The summed E-state index contributed by atoms with van der Waals surface area (Å²) >= 11 is 0. The number of hydrogen-bond acceptors (Lipinski definition) is 8. The summed E-state index contributed by atoms with van der Waals surface area (Å²) in [5.74, 6) is 1.60. The van der Waals surface area contributed by atoms with E-state index < -0.39 is 0 Å². The Labute approximate surface area is 203 Å². The fourth-order valence-corrected chi connectivity index (χ4v) is 4.26. The van der Waals surface area contributed by atoms with Crippen molar-refractivity contribution >= 4 is 41.2 Å². The van der Waals surface area contributed by atoms with Gasteiger partial charge in [-0.25, -0.2) is 19.5 Å². The van der Waals surface area contributed by atoms with Gasteiger partial charge in [0.25, 0.3) is 0 Å². The fourth-order valence-electron chi connectivity index (χ4n) is 4.26. The van der Waals surface area contributed by atoms with E-state index in [1.54, 1.807) is 16.9 Å². The summed E-state index contributed by atoms with van der Waals surface area (Å²) in [6.07, 6.45) is 10.8. The second-order valence-corrected chi connectivity index (χ2v) is 8.83. The molecule has 1 aliphatic rings. The molecule has 4 aromatic heterocycles. The zero-order valence-corrected chi connectivity index (χ0v) is 20.3. The molecule has 10 nitrogen and oxygen atoms in total. The van der Waals surface area contributed by atoms with Gasteiger partial charge in [0, 0.05) is 37.4 Å². The van der Waals surface area contributed by atoms with E-state index in [0.29, 0.717) is 17.5 Å². The van der Waals surface area contributed by atoms with Crippen LogP contribution in [0.1, 0.15) is 26.5 Å². The van der Waals surface area contributed by atoms with Gasteiger partial charge in [0.2, 0.25) is 0 Å². The first kappa shape index (κ1) is 22.7. The molecule has 0 spiro atoms. The lowest BCUT2D eigenvalue weighted by molar-refractivity contribution is 0.209. The highest BCUT2D eigenvalue weighted by Gasteiger charge is 2.20. The number of aromatic nitrogens is 7. The van der Waals surface area contributed by atoms with Crippen molar-refractivity contribution in [2.24, 2.45) is 0 Å². The molecule has 2 N–H and O–H groups in total. The third-order valence-electron chi connectivity index (χ3n) is 6.34. The first-order valence-corrected chi connectivity index (χ1v) is 11.8. The molecule has 0 bridgehead atoms. The maximum absolute atomic E-state index is 4.69. The van der Waals surface area contributed by atoms with Crippen molar-refractivity contribution in [3.05, 3.63) is 59.4 Å². The Morgan fingerprint density at radius 3 is 2.57 bits per heavy atom. The molecule has 0 saturated carbocycles. The Balaban J connectivity index is 1.36. The third kappa shape index (κ3) is 4.65. The quantitative estimate of drug-likeness (QED) is 0.440. The molecule has 1 saturated heterocycles. The molecular weight excluding hydrogens is 440 g/mol. The lowest BCUT2D eigenvalue weighted by Crippen LogP contribution is -2.49. The highest BCUT2D eigenvalue weighted by atomic mass is 15.3. The first-order valence-electron chi connectivity index (χ1n) is 11.8. The summed E-state index contributed by atoms with van der Waals surface area (Å²) in [6, 6.07) is 4.66. The summed E-state index contributed by atoms with van der Waals surface area (Å²) in [4.78, 5) is 18.6. The van der Waals surface area contributed by atoms with Crippen LogP contribution in [0.4, 0.5) is 17.3 Å². The van der Waals surface area contributed by atoms with Gasteiger partial charge in [-0.3, -0.25) is 10.00 Å². The molecule has 5 heterocycles. The molecule has 0 unspecified atom stereocenters. The van der Waals surface area contributed by atoms with Gasteiger partial charge in [-0.2, -0.15) is 10.2 Å². The Hall–Kier alpha value is -4.05. The molecule has 1 aliphatic heterocycles. The number of aromatic amines is 1. The number of H-pyrrole nitrogens is 1. The molecule has 180 valence electrons. The van der Waals surface area contributed by atoms with E-state index in [1.807, 2.05) is 31.3 Å². The van der Waals surface area contributed by atoms with Crippen LogP contribution in [-0.4, -0.2) is 71.9 Å². The van der Waals surface area contributed by atoms with E-state index in [9.17, 15) is 0 Å². The Morgan fingerprint density at radius 2 is 1.91 bits per heavy atom. The van der Waals surface area contributed by atoms with Gasteiger partial charge in [-0.05, 0) is 44.6 Å². The predicted octanol–water partition coefficient (Wildman–Crippen LogP) is 1.81. The van der Waals surface area contributed by atoms with Gasteiger partial charge >= 0.3 is 0 Å². The lowest BCUT2D eigenvalue weighted by atomic mass is 10.1. The van der Waals surface area contributed by atoms with Crippen LogP contribution in [0.2, 0.25) is 0 Å². The van der Waals surface area contributed by atoms with Crippen LogP contribution >= 0.6 is 0 Å². The number of hydrogen-bond donors (Lipinski definition) is 2. The summed E-state index contributed by atoms with van der Waals surface area (Å²) in [5.41, 5.74) is 3.21. The molecule has 0 aliphatic carbocycles. The zero-order valence-electron chi connectivity index (χ0n) is 20.3. The van der Waals surface area contributed by atoms with E-state index in [4.69, 9.17) is 4.98 Å². The molecule has 0 radical (unpaired) electrons. The number of piperazine rings is 1. The normalized spacial score (nSPS) is 15.9. The van der Waals surface area contributed by atoms with Crippen LogP contribution in [0.3, 0.4) is 0 Å². The van der Waals surface area contributed by atoms with E-state index in [2.05, 4.69) is 66.9 Å². The van der Waals surface area contributed by atoms with Crippen molar-refractivity contribution < 1.29 is 0 Å². The highest BCUT2D eigenvalue weighted by Crippen LogP contribution is 2.24. The fraction of sp³-hybridized carbons (Fsp3) is 0.320. The molecule has 1 fully saturated rings. The molecule has 35 heavy (non-hydrogen) atoms. The summed E-state index contributed by atoms with van der Waals surface area (Å²) in [7, 11) is 0. The molecule has 5 rings (SSSR count). The maximum atomic E-state index is 4.69. The number of fused-ring (bicyclic) bond motifs is 1. The minimum absolute atomic E-state index is 0.581. The zero-order chi connectivity index (χ0) is 24.4. The predicted molar refractivity (Wildman–Crippen MR) is 139 cm³/mol. The monoisotopic (exact) mass is 470 g/mol. The number of nitrogens with zero attached hydrogens (tertiary/aromatic N) is 8. The van der Waals surface area contributed by atoms with E-state index in [0.717, 1.165) is 59.5 Å². The summed E-state index contributed by atoms with van der Waals surface area (Å²) in [6.45, 7) is 14.5. The molecule has 0 atom stereocenters. The van der Waals surface area contributed by atoms with E-state index >= 15 is 0 Å². The number of pyridine rings is 1. The van der Waals surface area contributed by atoms with Gasteiger partial charge < -0.3 is 10.2 Å². The van der Waals surface area contributed by atoms with Crippen molar-refractivity contribution in [3.8, 4) is 0 Å². The van der Waals surface area contributed by atoms with Crippen molar-refractivity contribution in [1.29, 1.82) is 0 Å². The van der Waals surface area contributed by atoms with Crippen LogP contribution in [-0.2, 0) is 0 Å². The van der Waals surface area contributed by atoms with Crippen LogP contribution in [0.15, 0.2) is 43.1 Å². The Bertz CT molecular complexity index is 1440. The largest absolute Gasteiger partial charge is 0.354 e. The molecule has 4 aromatic rings. The van der Waals surface area contributed by atoms with Crippen LogP contribution in [0.5, 0.6) is 0 Å². The molecular formula is C25H30N10. The maximum Gasteiger partial charge on any atom is 0.199 e. The number of anilines is 3. The SMILES string of the molecule is C=c1cn[nH]/c1=C/C(=C\C)c1cnc(Nc2ccc(N3CCN(C(C)C)CC3)nc2)c2ncnn12. The van der Waals surface area contributed by atoms with Crippen molar-refractivity contribution in [2.75, 3.05) is 36.4 Å². The smallest absolute Gasteiger partial charge is 0.199 e. The van der Waals surface area contributed by atoms with Crippen molar-refractivity contribution in [1.82, 2.24) is 39.7 Å². The lowest BCUT2D eigenvalue weighted by Gasteiger charge is -2.37. The first-order chi connectivity index (χ1) is 17.0. The van der Waals surface area contributed by atoms with Crippen molar-refractivity contribution in [3.63, 3.8) is 0 Å². The van der Waals surface area contributed by atoms with Crippen LogP contribution in [0.25, 0.3) is 23.9 Å². The van der Waals surface area contributed by atoms with Crippen LogP contribution in [0, 0.1) is 0 Å². The average molecular weight is 471 g/mol.